The van der Waals surface area contributed by atoms with Gasteiger partial charge in [-0.25, -0.2) is 0 Å². The summed E-state index contributed by atoms with van der Waals surface area (Å²) in [5.41, 5.74) is 3.29. The maximum Gasteiger partial charge on any atom is 0.321 e. The molecule has 2 heterocycles. The molecule has 166 valence electrons. The van der Waals surface area contributed by atoms with E-state index in [9.17, 15) is 18.4 Å². The Morgan fingerprint density at radius 2 is 1.94 bits per heavy atom. The topological polar surface area (TPSA) is 78.1 Å². The molecule has 0 spiro atoms. The van der Waals surface area contributed by atoms with Crippen molar-refractivity contribution in [3.63, 3.8) is 0 Å². The van der Waals surface area contributed by atoms with Crippen LogP contribution >= 0.6 is 0 Å². The molecule has 1 aliphatic carbocycles. The third-order valence-corrected chi connectivity index (χ3v) is 6.52. The molecule has 0 radical (unpaired) electrons. The van der Waals surface area contributed by atoms with Gasteiger partial charge in [-0.15, -0.1) is 0 Å². The Labute approximate surface area is 184 Å². The lowest BCUT2D eigenvalue weighted by molar-refractivity contribution is -0.143. The molecule has 1 saturated carbocycles. The Balaban J connectivity index is 1.52. The zero-order valence-electron chi connectivity index (χ0n) is 17.6. The number of nitrogens with zero attached hydrogens (tertiary/aromatic N) is 2. The van der Waals surface area contributed by atoms with E-state index in [0.717, 1.165) is 35.0 Å². The number of carbonyl (C=O) groups is 2. The van der Waals surface area contributed by atoms with Crippen molar-refractivity contribution in [1.82, 2.24) is 15.5 Å². The van der Waals surface area contributed by atoms with E-state index in [0.29, 0.717) is 18.5 Å². The zero-order chi connectivity index (χ0) is 22.5. The van der Waals surface area contributed by atoms with Crippen LogP contribution < -0.4 is 10.2 Å². The lowest BCUT2D eigenvalue weighted by Crippen LogP contribution is -2.46. The minimum atomic E-state index is -3.52. The van der Waals surface area contributed by atoms with Crippen LogP contribution in [-0.4, -0.2) is 34.0 Å². The summed E-state index contributed by atoms with van der Waals surface area (Å²) >= 11 is 0. The molecular weight excluding hydrogens is 414 g/mol. The van der Waals surface area contributed by atoms with Gasteiger partial charge in [0.15, 0.2) is 0 Å². The van der Waals surface area contributed by atoms with Gasteiger partial charge in [0.25, 0.3) is 5.91 Å². The van der Waals surface area contributed by atoms with Gasteiger partial charge in [0.2, 0.25) is 5.91 Å². The number of fused-ring (bicyclic) bond motifs is 1. The molecule has 2 amide bonds. The number of hydrogen-bond donors (Lipinski definition) is 2. The minimum absolute atomic E-state index is 0.0598. The van der Waals surface area contributed by atoms with Crippen molar-refractivity contribution in [2.24, 2.45) is 0 Å². The quantitative estimate of drug-likeness (QED) is 0.618. The van der Waals surface area contributed by atoms with Crippen molar-refractivity contribution in [2.45, 2.75) is 56.5 Å². The van der Waals surface area contributed by atoms with E-state index in [1.165, 1.54) is 6.42 Å². The standard InChI is InChI=1S/C24H24F2N4O2/c1-24(25,26)23(32)27-19-13-20(31)30(22(19)15-6-3-2-4-7-15)16-10-11-17-18(12-16)28-29-21(17)14-8-5-9-14/h2-4,6-7,10-12,14,19,22H,5,8-9,13H2,1H3,(H,27,32)(H,28,29). The van der Waals surface area contributed by atoms with Crippen molar-refractivity contribution in [1.29, 1.82) is 0 Å². The minimum Gasteiger partial charge on any atom is -0.345 e. The first kappa shape index (κ1) is 20.6. The van der Waals surface area contributed by atoms with Gasteiger partial charge in [-0.3, -0.25) is 14.7 Å². The second-order valence-electron chi connectivity index (χ2n) is 8.76. The molecule has 2 atom stereocenters. The van der Waals surface area contributed by atoms with Gasteiger partial charge in [-0.1, -0.05) is 36.8 Å². The Kier molecular flexibility index (Phi) is 4.95. The summed E-state index contributed by atoms with van der Waals surface area (Å²) in [4.78, 5) is 26.7. The maximum absolute atomic E-state index is 13.6. The number of anilines is 1. The molecule has 2 unspecified atom stereocenters. The Morgan fingerprint density at radius 3 is 2.59 bits per heavy atom. The van der Waals surface area contributed by atoms with Gasteiger partial charge in [0, 0.05) is 30.3 Å². The van der Waals surface area contributed by atoms with Crippen molar-refractivity contribution in [3.05, 3.63) is 59.8 Å². The Morgan fingerprint density at radius 1 is 1.19 bits per heavy atom. The molecular formula is C24H24F2N4O2. The summed E-state index contributed by atoms with van der Waals surface area (Å²) in [6.07, 6.45) is 3.41. The van der Waals surface area contributed by atoms with E-state index in [4.69, 9.17) is 0 Å². The Bertz CT molecular complexity index is 1170. The van der Waals surface area contributed by atoms with Crippen LogP contribution in [0.1, 0.15) is 55.8 Å². The number of aromatic amines is 1. The number of amides is 2. The fourth-order valence-corrected chi connectivity index (χ4v) is 4.67. The van der Waals surface area contributed by atoms with Crippen LogP contribution in [0.3, 0.4) is 0 Å². The number of alkyl halides is 2. The van der Waals surface area contributed by atoms with E-state index in [-0.39, 0.29) is 12.3 Å². The molecule has 2 fully saturated rings. The normalized spacial score (nSPS) is 21.7. The van der Waals surface area contributed by atoms with Gasteiger partial charge < -0.3 is 10.2 Å². The van der Waals surface area contributed by atoms with Crippen LogP contribution in [0, 0.1) is 0 Å². The van der Waals surface area contributed by atoms with Crippen LogP contribution in [0.25, 0.3) is 10.9 Å². The molecule has 1 aliphatic heterocycles. The number of aromatic nitrogens is 2. The second-order valence-corrected chi connectivity index (χ2v) is 8.76. The van der Waals surface area contributed by atoms with Gasteiger partial charge in [-0.2, -0.15) is 13.9 Å². The summed E-state index contributed by atoms with van der Waals surface area (Å²) in [6.45, 7) is 0.556. The monoisotopic (exact) mass is 438 g/mol. The lowest BCUT2D eigenvalue weighted by Gasteiger charge is -2.29. The number of carbonyl (C=O) groups excluding carboxylic acids is 2. The van der Waals surface area contributed by atoms with Crippen molar-refractivity contribution in [3.8, 4) is 0 Å². The van der Waals surface area contributed by atoms with E-state index < -0.39 is 23.9 Å². The Hall–Kier alpha value is -3.29. The molecule has 1 aromatic heterocycles. The van der Waals surface area contributed by atoms with Gasteiger partial charge in [-0.05, 0) is 36.6 Å². The van der Waals surface area contributed by atoms with E-state index in [2.05, 4.69) is 15.5 Å². The maximum atomic E-state index is 13.6. The summed E-state index contributed by atoms with van der Waals surface area (Å²) < 4.78 is 27.1. The molecule has 2 aliphatic rings. The van der Waals surface area contributed by atoms with Gasteiger partial charge >= 0.3 is 5.92 Å². The van der Waals surface area contributed by atoms with E-state index >= 15 is 0 Å². The summed E-state index contributed by atoms with van der Waals surface area (Å²) in [5, 5.41) is 11.0. The van der Waals surface area contributed by atoms with Crippen LogP contribution in [0.5, 0.6) is 0 Å². The fraction of sp³-hybridized carbons (Fsp3) is 0.375. The van der Waals surface area contributed by atoms with Crippen LogP contribution in [-0.2, 0) is 9.59 Å². The largest absolute Gasteiger partial charge is 0.345 e. The predicted molar refractivity (Wildman–Crippen MR) is 117 cm³/mol. The number of nitrogens with one attached hydrogen (secondary N) is 2. The van der Waals surface area contributed by atoms with Crippen LogP contribution in [0.15, 0.2) is 48.5 Å². The van der Waals surface area contributed by atoms with E-state index in [1.54, 1.807) is 4.90 Å². The highest BCUT2D eigenvalue weighted by molar-refractivity contribution is 6.00. The highest BCUT2D eigenvalue weighted by atomic mass is 19.3. The zero-order valence-corrected chi connectivity index (χ0v) is 17.6. The van der Waals surface area contributed by atoms with Gasteiger partial charge in [0.05, 0.1) is 23.3 Å². The first-order chi connectivity index (χ1) is 15.3. The van der Waals surface area contributed by atoms with Crippen LogP contribution in [0.2, 0.25) is 0 Å². The van der Waals surface area contributed by atoms with Crippen LogP contribution in [0.4, 0.5) is 14.5 Å². The third-order valence-electron chi connectivity index (χ3n) is 6.52. The third kappa shape index (κ3) is 3.53. The molecule has 0 bridgehead atoms. The van der Waals surface area contributed by atoms with Crippen molar-refractivity contribution < 1.29 is 18.4 Å². The number of rotatable bonds is 5. The molecule has 5 rings (SSSR count). The second kappa shape index (κ2) is 7.69. The number of H-pyrrole nitrogens is 1. The van der Waals surface area contributed by atoms with Gasteiger partial charge in [0.1, 0.15) is 0 Å². The smallest absolute Gasteiger partial charge is 0.321 e. The summed E-state index contributed by atoms with van der Waals surface area (Å²) in [5.74, 6) is -4.67. The summed E-state index contributed by atoms with van der Waals surface area (Å²) in [7, 11) is 0. The number of halogens is 2. The first-order valence-electron chi connectivity index (χ1n) is 10.9. The highest BCUT2D eigenvalue weighted by Crippen LogP contribution is 2.41. The highest BCUT2D eigenvalue weighted by Gasteiger charge is 2.45. The molecule has 3 aromatic rings. The first-order valence-corrected chi connectivity index (χ1v) is 10.9. The lowest BCUT2D eigenvalue weighted by atomic mass is 9.82. The molecule has 32 heavy (non-hydrogen) atoms. The average molecular weight is 438 g/mol. The molecule has 6 nitrogen and oxygen atoms in total. The molecule has 8 heteroatoms. The summed E-state index contributed by atoms with van der Waals surface area (Å²) in [6, 6.07) is 13.5. The van der Waals surface area contributed by atoms with Crippen molar-refractivity contribution >= 4 is 28.4 Å². The van der Waals surface area contributed by atoms with Crippen molar-refractivity contribution in [2.75, 3.05) is 4.90 Å². The molecule has 1 saturated heterocycles. The molecule has 2 aromatic carbocycles. The number of hydrogen-bond acceptors (Lipinski definition) is 3. The average Bonchev–Trinajstić information content (AvgIpc) is 3.27. The van der Waals surface area contributed by atoms with E-state index in [1.807, 2.05) is 48.5 Å². The molecule has 2 N–H and O–H groups in total. The predicted octanol–water partition coefficient (Wildman–Crippen LogP) is 4.45. The SMILES string of the molecule is CC(F)(F)C(=O)NC1CC(=O)N(c2ccc3c(C4CCC4)n[nH]c3c2)C1c1ccccc1. The number of benzene rings is 2. The fourth-order valence-electron chi connectivity index (χ4n) is 4.67.